The number of ether oxygens (including phenoxy) is 1. The van der Waals surface area contributed by atoms with Crippen molar-refractivity contribution in [2.45, 2.75) is 50.7 Å². The molecular formula is C17H17F2N3O2. The zero-order valence-electron chi connectivity index (χ0n) is 13.0. The van der Waals surface area contributed by atoms with Gasteiger partial charge in [0, 0.05) is 30.8 Å². The number of alkyl halides is 2. The lowest BCUT2D eigenvalue weighted by Gasteiger charge is -2.43. The maximum Gasteiger partial charge on any atom is 0.239 e. The largest absolute Gasteiger partial charge is 0.487 e. The van der Waals surface area contributed by atoms with E-state index in [-0.39, 0.29) is 24.5 Å². The highest BCUT2D eigenvalue weighted by Gasteiger charge is 2.53. The van der Waals surface area contributed by atoms with Gasteiger partial charge in [0.1, 0.15) is 23.5 Å². The molecule has 1 amide bonds. The number of halogens is 2. The number of pyridine rings is 1. The van der Waals surface area contributed by atoms with E-state index in [0.717, 1.165) is 6.42 Å². The molecule has 5 nitrogen and oxygen atoms in total. The third-order valence-electron chi connectivity index (χ3n) is 5.52. The summed E-state index contributed by atoms with van der Waals surface area (Å²) in [6.07, 6.45) is 2.50. The van der Waals surface area contributed by atoms with Crippen molar-refractivity contribution >= 4 is 5.91 Å². The molecule has 2 atom stereocenters. The number of nitriles is 1. The van der Waals surface area contributed by atoms with Gasteiger partial charge in [-0.05, 0) is 12.8 Å². The molecule has 0 radical (unpaired) electrons. The summed E-state index contributed by atoms with van der Waals surface area (Å²) >= 11 is 0. The van der Waals surface area contributed by atoms with Crippen molar-refractivity contribution in [3.8, 4) is 11.8 Å². The summed E-state index contributed by atoms with van der Waals surface area (Å²) in [5, 5.41) is 9.20. The quantitative estimate of drug-likeness (QED) is 0.853. The Labute approximate surface area is 138 Å². The Hall–Kier alpha value is -2.23. The van der Waals surface area contributed by atoms with E-state index >= 15 is 0 Å². The number of nitrogens with zero attached hydrogens (tertiary/aromatic N) is 3. The maximum atomic E-state index is 13.0. The van der Waals surface area contributed by atoms with Gasteiger partial charge in [0.25, 0.3) is 0 Å². The Morgan fingerprint density at radius 2 is 2.29 bits per heavy atom. The first-order valence-electron chi connectivity index (χ1n) is 8.18. The number of carbonyl (C=O) groups excluding carboxylic acids is 1. The van der Waals surface area contributed by atoms with E-state index in [9.17, 15) is 18.8 Å². The molecule has 7 heteroatoms. The Balaban J connectivity index is 1.66. The van der Waals surface area contributed by atoms with Gasteiger partial charge in [-0.15, -0.1) is 0 Å². The van der Waals surface area contributed by atoms with Crippen molar-refractivity contribution in [3.63, 3.8) is 0 Å². The van der Waals surface area contributed by atoms with Crippen LogP contribution >= 0.6 is 0 Å². The van der Waals surface area contributed by atoms with Gasteiger partial charge >= 0.3 is 0 Å². The molecule has 0 unspecified atom stereocenters. The zero-order chi connectivity index (χ0) is 16.9. The van der Waals surface area contributed by atoms with Crippen LogP contribution in [0.3, 0.4) is 0 Å². The fourth-order valence-electron chi connectivity index (χ4n) is 4.19. The highest BCUT2D eigenvalue weighted by molar-refractivity contribution is 5.84. The smallest absolute Gasteiger partial charge is 0.239 e. The van der Waals surface area contributed by atoms with Gasteiger partial charge in [-0.3, -0.25) is 9.78 Å². The topological polar surface area (TPSA) is 66.2 Å². The number of hydrogen-bond acceptors (Lipinski definition) is 4. The van der Waals surface area contributed by atoms with E-state index in [1.807, 2.05) is 0 Å². The normalized spacial score (nSPS) is 26.3. The second kappa shape index (κ2) is 5.40. The average Bonchev–Trinajstić information content (AvgIpc) is 2.87. The number of hydrogen-bond donors (Lipinski definition) is 0. The second-order valence-corrected chi connectivity index (χ2v) is 6.90. The van der Waals surface area contributed by atoms with Crippen molar-refractivity contribution in [3.05, 3.63) is 23.5 Å². The summed E-state index contributed by atoms with van der Waals surface area (Å²) in [5.74, 6) is 0.293. The Morgan fingerprint density at radius 3 is 2.92 bits per heavy atom. The van der Waals surface area contributed by atoms with Gasteiger partial charge in [0.15, 0.2) is 0 Å². The molecule has 126 valence electrons. The first kappa shape index (κ1) is 15.3. The lowest BCUT2D eigenvalue weighted by atomic mass is 9.65. The molecule has 3 heterocycles. The predicted molar refractivity (Wildman–Crippen MR) is 79.3 cm³/mol. The molecule has 2 aliphatic heterocycles. The van der Waals surface area contributed by atoms with Gasteiger partial charge in [0.2, 0.25) is 12.3 Å². The average molecular weight is 333 g/mol. The summed E-state index contributed by atoms with van der Waals surface area (Å²) in [5.41, 5.74) is 0.136. The maximum absolute atomic E-state index is 13.0. The number of aromatic nitrogens is 1. The summed E-state index contributed by atoms with van der Waals surface area (Å²) in [6, 6.07) is 1.82. The van der Waals surface area contributed by atoms with E-state index in [1.54, 1.807) is 11.1 Å². The second-order valence-electron chi connectivity index (χ2n) is 6.90. The molecule has 0 spiro atoms. The van der Waals surface area contributed by atoms with Crippen molar-refractivity contribution in [2.75, 3.05) is 6.54 Å². The van der Waals surface area contributed by atoms with E-state index in [4.69, 9.17) is 4.74 Å². The van der Waals surface area contributed by atoms with Crippen LogP contribution in [0.1, 0.15) is 49.3 Å². The van der Waals surface area contributed by atoms with E-state index < -0.39 is 11.8 Å². The standard InChI is InChI=1S/C17H17F2N3O2/c18-14(19)5-17(2-1-3-17)16(23)22-9-11-4-13(22)12-8-21-7-10(6-20)15(12)24-11/h7-8,11,13-14H,1-5,9H2/t11-,13-/m0/s1. The molecule has 1 aromatic rings. The van der Waals surface area contributed by atoms with Crippen molar-refractivity contribution in [1.29, 1.82) is 5.26 Å². The van der Waals surface area contributed by atoms with Crippen LogP contribution in [0.25, 0.3) is 0 Å². The Kier molecular flexibility index (Phi) is 3.44. The minimum absolute atomic E-state index is 0.190. The third-order valence-corrected chi connectivity index (χ3v) is 5.52. The summed E-state index contributed by atoms with van der Waals surface area (Å²) < 4.78 is 31.8. The van der Waals surface area contributed by atoms with Crippen LogP contribution in [-0.4, -0.2) is 34.9 Å². The molecule has 1 aromatic heterocycles. The van der Waals surface area contributed by atoms with E-state index in [0.29, 0.717) is 42.7 Å². The lowest BCUT2D eigenvalue weighted by molar-refractivity contribution is -0.152. The molecule has 0 N–H and O–H groups in total. The van der Waals surface area contributed by atoms with Crippen LogP contribution in [0.4, 0.5) is 8.78 Å². The SMILES string of the molecule is N#Cc1cncc2c1O[C@H]1C[C@@H]2N(C(=O)C2(CC(F)F)CCC2)C1. The summed E-state index contributed by atoms with van der Waals surface area (Å²) in [4.78, 5) is 18.8. The minimum Gasteiger partial charge on any atom is -0.487 e. The Morgan fingerprint density at radius 1 is 1.50 bits per heavy atom. The van der Waals surface area contributed by atoms with Gasteiger partial charge in [0.05, 0.1) is 18.0 Å². The van der Waals surface area contributed by atoms with Crippen LogP contribution < -0.4 is 4.74 Å². The number of likely N-dealkylation sites (tertiary alicyclic amines) is 1. The zero-order valence-corrected chi connectivity index (χ0v) is 13.0. The van der Waals surface area contributed by atoms with Gasteiger partial charge in [-0.2, -0.15) is 5.26 Å². The lowest BCUT2D eigenvalue weighted by Crippen LogP contribution is -2.48. The Bertz CT molecular complexity index is 727. The third kappa shape index (κ3) is 2.16. The van der Waals surface area contributed by atoms with Gasteiger partial charge in [-0.1, -0.05) is 6.42 Å². The van der Waals surface area contributed by atoms with Crippen LogP contribution in [0.2, 0.25) is 0 Å². The van der Waals surface area contributed by atoms with E-state index in [1.165, 1.54) is 6.20 Å². The first-order chi connectivity index (χ1) is 11.5. The van der Waals surface area contributed by atoms with Crippen LogP contribution in [-0.2, 0) is 4.79 Å². The van der Waals surface area contributed by atoms with E-state index in [2.05, 4.69) is 11.1 Å². The summed E-state index contributed by atoms with van der Waals surface area (Å²) in [6.45, 7) is 0.383. The predicted octanol–water partition coefficient (Wildman–Crippen LogP) is 2.81. The number of rotatable bonds is 3. The molecule has 3 aliphatic rings. The minimum atomic E-state index is -2.48. The molecule has 24 heavy (non-hydrogen) atoms. The molecule has 2 fully saturated rings. The molecule has 1 saturated heterocycles. The molecule has 4 rings (SSSR count). The van der Waals surface area contributed by atoms with Crippen LogP contribution in [0.15, 0.2) is 12.4 Å². The van der Waals surface area contributed by atoms with Gasteiger partial charge in [-0.25, -0.2) is 8.78 Å². The van der Waals surface area contributed by atoms with Crippen LogP contribution in [0, 0.1) is 16.7 Å². The van der Waals surface area contributed by atoms with Crippen molar-refractivity contribution in [2.24, 2.45) is 5.41 Å². The molecule has 2 bridgehead atoms. The van der Waals surface area contributed by atoms with Gasteiger partial charge < -0.3 is 9.64 Å². The molecule has 0 aromatic carbocycles. The van der Waals surface area contributed by atoms with Crippen LogP contribution in [0.5, 0.6) is 5.75 Å². The molecule has 1 aliphatic carbocycles. The molecule has 1 saturated carbocycles. The monoisotopic (exact) mass is 333 g/mol. The fraction of sp³-hybridized carbons (Fsp3) is 0.588. The number of carbonyl (C=O) groups is 1. The number of amides is 1. The first-order valence-corrected chi connectivity index (χ1v) is 8.18. The highest BCUT2D eigenvalue weighted by Crippen LogP contribution is 2.51. The summed E-state index contributed by atoms with van der Waals surface area (Å²) in [7, 11) is 0. The number of fused-ring (bicyclic) bond motifs is 4. The van der Waals surface area contributed by atoms with Crippen molar-refractivity contribution in [1.82, 2.24) is 9.88 Å². The van der Waals surface area contributed by atoms with Crippen molar-refractivity contribution < 1.29 is 18.3 Å². The molecular weight excluding hydrogens is 316 g/mol. The highest BCUT2D eigenvalue weighted by atomic mass is 19.3. The fourth-order valence-corrected chi connectivity index (χ4v) is 4.19.